The lowest BCUT2D eigenvalue weighted by molar-refractivity contribution is -0.122. The molecule has 0 aromatic heterocycles. The number of carbonyl (C=O) groups is 1. The minimum absolute atomic E-state index is 0.0589. The molecule has 0 spiro atoms. The molecule has 0 amide bonds. The van der Waals surface area contributed by atoms with Crippen molar-refractivity contribution in [3.8, 4) is 0 Å². The Morgan fingerprint density at radius 3 is 2.06 bits per heavy atom. The molecule has 4 nitrogen and oxygen atoms in total. The maximum Gasteiger partial charge on any atom is 0.155 e. The minimum atomic E-state index is -3.05. The molecule has 0 aromatic carbocycles. The largest absolute Gasteiger partial charge is 0.324 e. The predicted molar refractivity (Wildman–Crippen MR) is 73.0 cm³/mol. The lowest BCUT2D eigenvalue weighted by Gasteiger charge is -2.29. The van der Waals surface area contributed by atoms with Crippen molar-refractivity contribution in [1.29, 1.82) is 0 Å². The van der Waals surface area contributed by atoms with Crippen molar-refractivity contribution < 1.29 is 13.2 Å². The van der Waals surface area contributed by atoms with Gasteiger partial charge in [-0.25, -0.2) is 8.42 Å². The van der Waals surface area contributed by atoms with Gasteiger partial charge in [-0.1, -0.05) is 0 Å². The topological polar surface area (TPSA) is 77.2 Å². The summed E-state index contributed by atoms with van der Waals surface area (Å²) < 4.78 is 23.5. The first-order valence-corrected chi connectivity index (χ1v) is 8.27. The third-order valence-electron chi connectivity index (χ3n) is 3.89. The molecule has 1 rings (SSSR count). The van der Waals surface area contributed by atoms with Gasteiger partial charge in [0.25, 0.3) is 0 Å². The van der Waals surface area contributed by atoms with E-state index >= 15 is 0 Å². The zero-order chi connectivity index (χ0) is 14.0. The Labute approximate surface area is 110 Å². The number of Topliss-reactive ketones (excluding diaryl/α,β-unsaturated/α-hetero) is 1. The highest BCUT2D eigenvalue weighted by atomic mass is 32.2. The summed E-state index contributed by atoms with van der Waals surface area (Å²) in [5.41, 5.74) is 5.35. The Kier molecular flexibility index (Phi) is 4.95. The summed E-state index contributed by atoms with van der Waals surface area (Å²) in [6.07, 6.45) is 3.23. The third kappa shape index (κ3) is 3.79. The molecule has 5 heteroatoms. The summed E-state index contributed by atoms with van der Waals surface area (Å²) in [6, 6.07) is 0. The van der Waals surface area contributed by atoms with Crippen LogP contribution in [0, 0.1) is 11.8 Å². The molecule has 0 aromatic rings. The van der Waals surface area contributed by atoms with Crippen molar-refractivity contribution in [2.24, 2.45) is 17.6 Å². The van der Waals surface area contributed by atoms with Crippen molar-refractivity contribution in [2.45, 2.75) is 51.2 Å². The van der Waals surface area contributed by atoms with Gasteiger partial charge in [-0.05, 0) is 52.4 Å². The molecular formula is C13H25NO3S. The quantitative estimate of drug-likeness (QED) is 0.844. The van der Waals surface area contributed by atoms with Crippen LogP contribution in [0.1, 0.15) is 46.5 Å². The Bertz CT molecular complexity index is 387. The Morgan fingerprint density at radius 2 is 1.67 bits per heavy atom. The second kappa shape index (κ2) is 5.70. The van der Waals surface area contributed by atoms with E-state index in [1.807, 2.05) is 0 Å². The van der Waals surface area contributed by atoms with E-state index in [1.165, 1.54) is 0 Å². The number of hydrogen-bond donors (Lipinski definition) is 1. The molecule has 0 saturated heterocycles. The Hall–Kier alpha value is -0.420. The van der Waals surface area contributed by atoms with Gasteiger partial charge in [0.15, 0.2) is 9.84 Å². The van der Waals surface area contributed by atoms with Gasteiger partial charge in [0.2, 0.25) is 0 Å². The van der Waals surface area contributed by atoms with Gasteiger partial charge in [0, 0.05) is 5.92 Å². The smallest absolute Gasteiger partial charge is 0.155 e. The summed E-state index contributed by atoms with van der Waals surface area (Å²) in [4.78, 5) is 11.5. The fraction of sp³-hybridized carbons (Fsp3) is 0.923. The number of carbonyl (C=O) groups excluding carboxylic acids is 1. The van der Waals surface area contributed by atoms with Gasteiger partial charge in [-0.2, -0.15) is 0 Å². The van der Waals surface area contributed by atoms with Gasteiger partial charge >= 0.3 is 0 Å². The maximum absolute atomic E-state index is 12.1. The molecule has 0 radical (unpaired) electrons. The summed E-state index contributed by atoms with van der Waals surface area (Å²) in [5.74, 6) is 0.631. The third-order valence-corrected chi connectivity index (χ3v) is 6.67. The SMILES string of the molecule is CC(C)(C)S(=O)(=O)CC1CCC(C(=O)CN)CC1. The van der Waals surface area contributed by atoms with Gasteiger partial charge in [-0.15, -0.1) is 0 Å². The highest BCUT2D eigenvalue weighted by Crippen LogP contribution is 2.32. The zero-order valence-electron chi connectivity index (χ0n) is 11.6. The van der Waals surface area contributed by atoms with Gasteiger partial charge < -0.3 is 5.73 Å². The van der Waals surface area contributed by atoms with Crippen LogP contribution in [0.25, 0.3) is 0 Å². The van der Waals surface area contributed by atoms with Crippen LogP contribution >= 0.6 is 0 Å². The molecule has 1 aliphatic carbocycles. The molecule has 0 aliphatic heterocycles. The molecule has 0 unspecified atom stereocenters. The molecule has 106 valence electrons. The lowest BCUT2D eigenvalue weighted by Crippen LogP contribution is -2.35. The van der Waals surface area contributed by atoms with Crippen LogP contribution in [0.4, 0.5) is 0 Å². The normalized spacial score (nSPS) is 26.0. The standard InChI is InChI=1S/C13H25NO3S/c1-13(2,3)18(16,17)9-10-4-6-11(7-5-10)12(15)8-14/h10-11H,4-9,14H2,1-3H3. The van der Waals surface area contributed by atoms with E-state index in [0.717, 1.165) is 25.7 Å². The molecule has 0 bridgehead atoms. The van der Waals surface area contributed by atoms with Crippen LogP contribution in [0.3, 0.4) is 0 Å². The van der Waals surface area contributed by atoms with Gasteiger partial charge in [-0.3, -0.25) is 4.79 Å². The van der Waals surface area contributed by atoms with Gasteiger partial charge in [0.1, 0.15) is 5.78 Å². The second-order valence-corrected chi connectivity index (χ2v) is 9.07. The molecule has 0 atom stereocenters. The first-order valence-electron chi connectivity index (χ1n) is 6.62. The number of rotatable bonds is 4. The molecule has 18 heavy (non-hydrogen) atoms. The number of ketones is 1. The summed E-state index contributed by atoms with van der Waals surface area (Å²) >= 11 is 0. The van der Waals surface area contributed by atoms with Crippen molar-refractivity contribution in [1.82, 2.24) is 0 Å². The van der Waals surface area contributed by atoms with E-state index in [1.54, 1.807) is 20.8 Å². The highest BCUT2D eigenvalue weighted by Gasteiger charge is 2.34. The minimum Gasteiger partial charge on any atom is -0.324 e. The van der Waals surface area contributed by atoms with E-state index in [4.69, 9.17) is 5.73 Å². The first kappa shape index (κ1) is 15.6. The second-order valence-electron chi connectivity index (χ2n) is 6.28. The predicted octanol–water partition coefficient (Wildman–Crippen LogP) is 1.53. The van der Waals surface area contributed by atoms with Crippen LogP contribution < -0.4 is 5.73 Å². The molecule has 1 saturated carbocycles. The average molecular weight is 275 g/mol. The zero-order valence-corrected chi connectivity index (χ0v) is 12.4. The van der Waals surface area contributed by atoms with Crippen molar-refractivity contribution in [2.75, 3.05) is 12.3 Å². The molecule has 1 aliphatic rings. The Morgan fingerprint density at radius 1 is 1.17 bits per heavy atom. The highest BCUT2D eigenvalue weighted by molar-refractivity contribution is 7.92. The molecule has 1 fully saturated rings. The maximum atomic E-state index is 12.1. The number of sulfone groups is 1. The molecule has 2 N–H and O–H groups in total. The number of hydrogen-bond acceptors (Lipinski definition) is 4. The van der Waals surface area contributed by atoms with E-state index in [0.29, 0.717) is 0 Å². The number of nitrogens with two attached hydrogens (primary N) is 1. The fourth-order valence-electron chi connectivity index (χ4n) is 2.38. The monoisotopic (exact) mass is 275 g/mol. The van der Waals surface area contributed by atoms with Crippen LogP contribution in [0.2, 0.25) is 0 Å². The van der Waals surface area contributed by atoms with Crippen molar-refractivity contribution in [3.05, 3.63) is 0 Å². The van der Waals surface area contributed by atoms with E-state index in [9.17, 15) is 13.2 Å². The van der Waals surface area contributed by atoms with E-state index in [2.05, 4.69) is 0 Å². The summed E-state index contributed by atoms with van der Waals surface area (Å²) in [5, 5.41) is 0. The van der Waals surface area contributed by atoms with Crippen molar-refractivity contribution in [3.63, 3.8) is 0 Å². The van der Waals surface area contributed by atoms with Crippen molar-refractivity contribution >= 4 is 15.6 Å². The fourth-order valence-corrected chi connectivity index (χ4v) is 3.83. The van der Waals surface area contributed by atoms with Gasteiger partial charge in [0.05, 0.1) is 17.0 Å². The van der Waals surface area contributed by atoms with Crippen LogP contribution in [-0.2, 0) is 14.6 Å². The molecule has 0 heterocycles. The van der Waals surface area contributed by atoms with E-state index < -0.39 is 14.6 Å². The Balaban J connectivity index is 2.53. The first-order chi connectivity index (χ1) is 8.17. The average Bonchev–Trinajstić information content (AvgIpc) is 2.27. The van der Waals surface area contributed by atoms with Crippen LogP contribution in [0.15, 0.2) is 0 Å². The van der Waals surface area contributed by atoms with Crippen LogP contribution in [-0.4, -0.2) is 31.2 Å². The summed E-state index contributed by atoms with van der Waals surface area (Å²) in [7, 11) is -3.05. The van der Waals surface area contributed by atoms with Crippen LogP contribution in [0.5, 0.6) is 0 Å². The lowest BCUT2D eigenvalue weighted by atomic mass is 9.81. The molecular weight excluding hydrogens is 250 g/mol. The summed E-state index contributed by atoms with van der Waals surface area (Å²) in [6.45, 7) is 5.33. The van der Waals surface area contributed by atoms with E-state index in [-0.39, 0.29) is 29.9 Å².